The van der Waals surface area contributed by atoms with Crippen LogP contribution in [0, 0.1) is 6.92 Å². The highest BCUT2D eigenvalue weighted by molar-refractivity contribution is 5.22. The first-order valence-electron chi connectivity index (χ1n) is 4.23. The van der Waals surface area contributed by atoms with Gasteiger partial charge in [-0.05, 0) is 25.6 Å². The van der Waals surface area contributed by atoms with Crippen molar-refractivity contribution >= 4 is 0 Å². The number of nitrogens with one attached hydrogen (secondary N) is 1. The van der Waals surface area contributed by atoms with E-state index in [1.807, 2.05) is 19.2 Å². The Balaban J connectivity index is 2.52. The Bertz CT molecular complexity index is 263. The van der Waals surface area contributed by atoms with Crippen molar-refractivity contribution in [1.82, 2.24) is 5.32 Å². The van der Waals surface area contributed by atoms with Crippen molar-refractivity contribution in [1.29, 1.82) is 0 Å². The largest absolute Gasteiger partial charge is 0.387 e. The summed E-state index contributed by atoms with van der Waals surface area (Å²) in [4.78, 5) is 0. The van der Waals surface area contributed by atoms with Gasteiger partial charge < -0.3 is 5.32 Å². The zero-order valence-corrected chi connectivity index (χ0v) is 7.67. The Morgan fingerprint density at radius 2 is 2.25 bits per heavy atom. The van der Waals surface area contributed by atoms with E-state index in [4.69, 9.17) is 0 Å². The normalized spacial score (nSPS) is 10.5. The molecule has 0 radical (unpaired) electrons. The Morgan fingerprint density at radius 1 is 1.42 bits per heavy atom. The summed E-state index contributed by atoms with van der Waals surface area (Å²) in [6.07, 6.45) is 3.96. The predicted octanol–water partition coefficient (Wildman–Crippen LogP) is 2.62. The molecule has 12 heavy (non-hydrogen) atoms. The Kier molecular flexibility index (Phi) is 3.39. The van der Waals surface area contributed by atoms with E-state index in [9.17, 15) is 0 Å². The average Bonchev–Trinajstić information content (AvgIpc) is 2.05. The van der Waals surface area contributed by atoms with Gasteiger partial charge in [0, 0.05) is 6.54 Å². The fraction of sp³-hybridized carbons (Fsp3) is 0.273. The molecule has 0 bridgehead atoms. The first kappa shape index (κ1) is 8.85. The summed E-state index contributed by atoms with van der Waals surface area (Å²) >= 11 is 0. The molecule has 0 aliphatic rings. The van der Waals surface area contributed by atoms with Crippen LogP contribution in [-0.2, 0) is 6.54 Å². The molecule has 1 nitrogen and oxygen atoms in total. The first-order valence-corrected chi connectivity index (χ1v) is 4.23. The van der Waals surface area contributed by atoms with E-state index in [1.165, 1.54) is 11.1 Å². The zero-order valence-electron chi connectivity index (χ0n) is 7.67. The molecule has 1 heteroatoms. The van der Waals surface area contributed by atoms with Crippen LogP contribution in [0.4, 0.5) is 0 Å². The lowest BCUT2D eigenvalue weighted by Gasteiger charge is -2.01. The third-order valence-corrected chi connectivity index (χ3v) is 1.67. The second kappa shape index (κ2) is 4.60. The SMILES string of the molecule is CC=CNCc1cccc(C)c1. The lowest BCUT2D eigenvalue weighted by molar-refractivity contribution is 0.867. The van der Waals surface area contributed by atoms with E-state index in [1.54, 1.807) is 0 Å². The van der Waals surface area contributed by atoms with Crippen molar-refractivity contribution in [2.45, 2.75) is 20.4 Å². The minimum Gasteiger partial charge on any atom is -0.387 e. The van der Waals surface area contributed by atoms with Crippen molar-refractivity contribution in [3.63, 3.8) is 0 Å². The molecule has 0 fully saturated rings. The highest BCUT2D eigenvalue weighted by atomic mass is 14.8. The summed E-state index contributed by atoms with van der Waals surface area (Å²) in [6, 6.07) is 8.52. The second-order valence-corrected chi connectivity index (χ2v) is 2.87. The number of aryl methyl sites for hydroxylation is 1. The third kappa shape index (κ3) is 2.79. The fourth-order valence-electron chi connectivity index (χ4n) is 1.12. The first-order chi connectivity index (χ1) is 5.83. The quantitative estimate of drug-likeness (QED) is 0.718. The van der Waals surface area contributed by atoms with Gasteiger partial charge in [-0.1, -0.05) is 35.9 Å². The predicted molar refractivity (Wildman–Crippen MR) is 52.8 cm³/mol. The van der Waals surface area contributed by atoms with Crippen LogP contribution in [0.3, 0.4) is 0 Å². The molecule has 1 rings (SSSR count). The number of allylic oxidation sites excluding steroid dienone is 1. The molecule has 64 valence electrons. The highest BCUT2D eigenvalue weighted by Crippen LogP contribution is 2.02. The van der Waals surface area contributed by atoms with Crippen molar-refractivity contribution in [2.24, 2.45) is 0 Å². The van der Waals surface area contributed by atoms with E-state index >= 15 is 0 Å². The summed E-state index contributed by atoms with van der Waals surface area (Å²) in [5, 5.41) is 3.20. The molecule has 0 saturated carbocycles. The topological polar surface area (TPSA) is 12.0 Å². The van der Waals surface area contributed by atoms with Crippen LogP contribution >= 0.6 is 0 Å². The van der Waals surface area contributed by atoms with Crippen LogP contribution in [0.15, 0.2) is 36.5 Å². The maximum Gasteiger partial charge on any atom is 0.0395 e. The molecule has 0 amide bonds. The maximum atomic E-state index is 3.20. The molecule has 1 N–H and O–H groups in total. The van der Waals surface area contributed by atoms with Crippen LogP contribution in [0.2, 0.25) is 0 Å². The van der Waals surface area contributed by atoms with Gasteiger partial charge in [-0.3, -0.25) is 0 Å². The van der Waals surface area contributed by atoms with Gasteiger partial charge in [-0.25, -0.2) is 0 Å². The van der Waals surface area contributed by atoms with Gasteiger partial charge in [0.1, 0.15) is 0 Å². The van der Waals surface area contributed by atoms with Crippen LogP contribution in [0.5, 0.6) is 0 Å². The lowest BCUT2D eigenvalue weighted by atomic mass is 10.1. The molecule has 1 aromatic rings. The Morgan fingerprint density at radius 3 is 2.92 bits per heavy atom. The van der Waals surface area contributed by atoms with Crippen LogP contribution in [-0.4, -0.2) is 0 Å². The van der Waals surface area contributed by atoms with Gasteiger partial charge in [0.25, 0.3) is 0 Å². The van der Waals surface area contributed by atoms with Crippen molar-refractivity contribution in [3.05, 3.63) is 47.7 Å². The van der Waals surface area contributed by atoms with Crippen molar-refractivity contribution in [2.75, 3.05) is 0 Å². The van der Waals surface area contributed by atoms with Crippen molar-refractivity contribution < 1.29 is 0 Å². The number of hydrogen-bond acceptors (Lipinski definition) is 1. The lowest BCUT2D eigenvalue weighted by Crippen LogP contribution is -2.03. The molecule has 0 heterocycles. The molecular formula is C11H15N. The maximum absolute atomic E-state index is 3.20. The Hall–Kier alpha value is -1.24. The monoisotopic (exact) mass is 161 g/mol. The third-order valence-electron chi connectivity index (χ3n) is 1.67. The second-order valence-electron chi connectivity index (χ2n) is 2.87. The summed E-state index contributed by atoms with van der Waals surface area (Å²) in [6.45, 7) is 5.02. The van der Waals surface area contributed by atoms with Crippen LogP contribution in [0.1, 0.15) is 18.1 Å². The van der Waals surface area contributed by atoms with Crippen LogP contribution < -0.4 is 5.32 Å². The summed E-state index contributed by atoms with van der Waals surface area (Å²) in [7, 11) is 0. The summed E-state index contributed by atoms with van der Waals surface area (Å²) < 4.78 is 0. The summed E-state index contributed by atoms with van der Waals surface area (Å²) in [5.74, 6) is 0. The summed E-state index contributed by atoms with van der Waals surface area (Å²) in [5.41, 5.74) is 2.64. The number of hydrogen-bond donors (Lipinski definition) is 1. The van der Waals surface area contributed by atoms with E-state index < -0.39 is 0 Å². The van der Waals surface area contributed by atoms with Gasteiger partial charge >= 0.3 is 0 Å². The number of rotatable bonds is 3. The molecule has 0 aliphatic heterocycles. The van der Waals surface area contributed by atoms with Gasteiger partial charge in [-0.2, -0.15) is 0 Å². The molecule has 0 atom stereocenters. The molecule has 0 aliphatic carbocycles. The highest BCUT2D eigenvalue weighted by Gasteiger charge is 1.89. The van der Waals surface area contributed by atoms with Gasteiger partial charge in [0.05, 0.1) is 0 Å². The molecule has 0 aromatic heterocycles. The molecule has 0 saturated heterocycles. The van der Waals surface area contributed by atoms with Gasteiger partial charge in [0.2, 0.25) is 0 Å². The minimum atomic E-state index is 0.909. The van der Waals surface area contributed by atoms with E-state index in [0.29, 0.717) is 0 Å². The standard InChI is InChI=1S/C11H15N/c1-3-7-12-9-11-6-4-5-10(2)8-11/h3-8,12H,9H2,1-2H3. The van der Waals surface area contributed by atoms with Crippen LogP contribution in [0.25, 0.3) is 0 Å². The average molecular weight is 161 g/mol. The number of benzene rings is 1. The van der Waals surface area contributed by atoms with E-state index in [-0.39, 0.29) is 0 Å². The molecular weight excluding hydrogens is 146 g/mol. The molecule has 1 aromatic carbocycles. The van der Waals surface area contributed by atoms with Gasteiger partial charge in [0.15, 0.2) is 0 Å². The van der Waals surface area contributed by atoms with E-state index in [2.05, 4.69) is 36.5 Å². The van der Waals surface area contributed by atoms with E-state index in [0.717, 1.165) is 6.54 Å². The molecule has 0 spiro atoms. The zero-order chi connectivity index (χ0) is 8.81. The fourth-order valence-corrected chi connectivity index (χ4v) is 1.12. The smallest absolute Gasteiger partial charge is 0.0395 e. The van der Waals surface area contributed by atoms with Crippen molar-refractivity contribution in [3.8, 4) is 0 Å². The van der Waals surface area contributed by atoms with Gasteiger partial charge in [-0.15, -0.1) is 0 Å². The molecule has 0 unspecified atom stereocenters. The minimum absolute atomic E-state index is 0.909. The Labute approximate surface area is 74.1 Å².